The first-order valence-corrected chi connectivity index (χ1v) is 5.33. The molecule has 0 aromatic rings. The summed E-state index contributed by atoms with van der Waals surface area (Å²) in [4.78, 5) is 11.7. The van der Waals surface area contributed by atoms with Gasteiger partial charge in [0.25, 0.3) is 0 Å². The van der Waals surface area contributed by atoms with Crippen LogP contribution in [-0.4, -0.2) is 36.2 Å². The van der Waals surface area contributed by atoms with Crippen molar-refractivity contribution in [3.8, 4) is 0 Å². The van der Waals surface area contributed by atoms with Gasteiger partial charge in [-0.15, -0.1) is 0 Å². The van der Waals surface area contributed by atoms with E-state index in [4.69, 9.17) is 5.11 Å². The van der Waals surface area contributed by atoms with Crippen LogP contribution in [0, 0.1) is 5.92 Å². The lowest BCUT2D eigenvalue weighted by atomic mass is 10.0. The molecular weight excluding hydrogens is 180 g/mol. The Morgan fingerprint density at radius 2 is 2.43 bits per heavy atom. The predicted molar refractivity (Wildman–Crippen MR) is 54.9 cm³/mol. The van der Waals surface area contributed by atoms with E-state index in [9.17, 15) is 4.79 Å². The number of aliphatic hydroxyl groups excluding tert-OH is 1. The van der Waals surface area contributed by atoms with Crippen LogP contribution in [0.5, 0.6) is 0 Å². The van der Waals surface area contributed by atoms with Gasteiger partial charge in [-0.1, -0.05) is 13.8 Å². The lowest BCUT2D eigenvalue weighted by Crippen LogP contribution is -2.48. The molecule has 1 saturated heterocycles. The molecule has 0 spiro atoms. The van der Waals surface area contributed by atoms with Gasteiger partial charge in [-0.25, -0.2) is 0 Å². The summed E-state index contributed by atoms with van der Waals surface area (Å²) in [5.41, 5.74) is 0. The number of aliphatic hydroxyl groups is 1. The van der Waals surface area contributed by atoms with Crippen molar-refractivity contribution in [2.45, 2.75) is 38.8 Å². The Morgan fingerprint density at radius 1 is 1.71 bits per heavy atom. The number of hydrogen-bond acceptors (Lipinski definition) is 3. The summed E-state index contributed by atoms with van der Waals surface area (Å²) >= 11 is 0. The minimum absolute atomic E-state index is 0.0172. The number of amides is 1. The van der Waals surface area contributed by atoms with Crippen LogP contribution in [0.3, 0.4) is 0 Å². The van der Waals surface area contributed by atoms with Crippen LogP contribution in [-0.2, 0) is 4.79 Å². The maximum atomic E-state index is 11.7. The van der Waals surface area contributed by atoms with Gasteiger partial charge >= 0.3 is 0 Å². The lowest BCUT2D eigenvalue weighted by Gasteiger charge is -2.19. The van der Waals surface area contributed by atoms with Crippen LogP contribution in [0.15, 0.2) is 0 Å². The molecule has 0 radical (unpaired) electrons. The van der Waals surface area contributed by atoms with Gasteiger partial charge in [-0.05, 0) is 25.3 Å². The van der Waals surface area contributed by atoms with E-state index < -0.39 is 0 Å². The zero-order valence-electron chi connectivity index (χ0n) is 8.92. The Balaban J connectivity index is 2.40. The average molecular weight is 200 g/mol. The van der Waals surface area contributed by atoms with Crippen molar-refractivity contribution >= 4 is 5.91 Å². The second-order valence-electron chi connectivity index (χ2n) is 3.99. The molecule has 1 fully saturated rings. The quantitative estimate of drug-likeness (QED) is 0.592. The Bertz CT molecular complexity index is 193. The average Bonchev–Trinajstić information content (AvgIpc) is 2.60. The van der Waals surface area contributed by atoms with Gasteiger partial charge in [0.05, 0.1) is 18.7 Å². The lowest BCUT2D eigenvalue weighted by molar-refractivity contribution is -0.124. The Morgan fingerprint density at radius 3 is 2.86 bits per heavy atom. The fraction of sp³-hybridized carbons (Fsp3) is 0.900. The molecule has 1 aliphatic heterocycles. The summed E-state index contributed by atoms with van der Waals surface area (Å²) in [6.45, 7) is 4.95. The normalized spacial score (nSPS) is 28.8. The molecule has 1 rings (SSSR count). The summed E-state index contributed by atoms with van der Waals surface area (Å²) in [7, 11) is 0. The van der Waals surface area contributed by atoms with Crippen LogP contribution >= 0.6 is 0 Å². The maximum absolute atomic E-state index is 11.7. The highest BCUT2D eigenvalue weighted by atomic mass is 16.3. The molecule has 1 aliphatic rings. The second kappa shape index (κ2) is 5.32. The van der Waals surface area contributed by atoms with Crippen LogP contribution in [0.1, 0.15) is 26.7 Å². The highest BCUT2D eigenvalue weighted by Crippen LogP contribution is 2.14. The molecule has 4 nitrogen and oxygen atoms in total. The number of hydrogen-bond donors (Lipinski definition) is 3. The zero-order chi connectivity index (χ0) is 10.6. The Labute approximate surface area is 85.1 Å². The fourth-order valence-corrected chi connectivity index (χ4v) is 1.75. The van der Waals surface area contributed by atoms with Gasteiger partial charge in [0.15, 0.2) is 0 Å². The second-order valence-corrected chi connectivity index (χ2v) is 3.99. The summed E-state index contributed by atoms with van der Waals surface area (Å²) in [6.07, 6.45) is 1.82. The molecule has 3 N–H and O–H groups in total. The molecule has 0 aliphatic carbocycles. The van der Waals surface area contributed by atoms with Crippen molar-refractivity contribution in [1.82, 2.24) is 10.6 Å². The van der Waals surface area contributed by atoms with E-state index in [0.29, 0.717) is 5.92 Å². The molecule has 3 atom stereocenters. The zero-order valence-corrected chi connectivity index (χ0v) is 8.92. The predicted octanol–water partition coefficient (Wildman–Crippen LogP) is -0.128. The van der Waals surface area contributed by atoms with Crippen molar-refractivity contribution < 1.29 is 9.90 Å². The summed E-state index contributed by atoms with van der Waals surface area (Å²) in [5.74, 6) is 0.419. The highest BCUT2D eigenvalue weighted by Gasteiger charge is 2.29. The molecule has 1 heterocycles. The SMILES string of the molecule is CC[C@H](CO)NC(=O)C1NCCC1C. The van der Waals surface area contributed by atoms with E-state index in [1.165, 1.54) is 0 Å². The Hall–Kier alpha value is -0.610. The standard InChI is InChI=1S/C10H20N2O2/c1-3-8(6-13)12-10(14)9-7(2)4-5-11-9/h7-9,11,13H,3-6H2,1-2H3,(H,12,14)/t7?,8-,9?/m1/s1. The monoisotopic (exact) mass is 200 g/mol. The van der Waals surface area contributed by atoms with E-state index in [0.717, 1.165) is 19.4 Å². The third-order valence-corrected chi connectivity index (χ3v) is 2.88. The minimum Gasteiger partial charge on any atom is -0.394 e. The van der Waals surface area contributed by atoms with Crippen molar-refractivity contribution in [3.63, 3.8) is 0 Å². The van der Waals surface area contributed by atoms with Crippen LogP contribution < -0.4 is 10.6 Å². The molecule has 0 bridgehead atoms. The van der Waals surface area contributed by atoms with Gasteiger partial charge in [-0.2, -0.15) is 0 Å². The Kier molecular flexibility index (Phi) is 4.35. The number of carbonyl (C=O) groups is 1. The van der Waals surface area contributed by atoms with E-state index in [2.05, 4.69) is 17.6 Å². The maximum Gasteiger partial charge on any atom is 0.237 e. The van der Waals surface area contributed by atoms with E-state index >= 15 is 0 Å². The van der Waals surface area contributed by atoms with Crippen LogP contribution in [0.25, 0.3) is 0 Å². The van der Waals surface area contributed by atoms with Gasteiger partial charge in [0, 0.05) is 0 Å². The fourth-order valence-electron chi connectivity index (χ4n) is 1.75. The third kappa shape index (κ3) is 2.69. The largest absolute Gasteiger partial charge is 0.394 e. The third-order valence-electron chi connectivity index (χ3n) is 2.88. The van der Waals surface area contributed by atoms with Crippen LogP contribution in [0.4, 0.5) is 0 Å². The minimum atomic E-state index is -0.0999. The van der Waals surface area contributed by atoms with Crippen molar-refractivity contribution in [2.24, 2.45) is 5.92 Å². The first-order chi connectivity index (χ1) is 6.69. The molecule has 4 heteroatoms. The van der Waals surface area contributed by atoms with Gasteiger partial charge < -0.3 is 15.7 Å². The summed E-state index contributed by atoms with van der Waals surface area (Å²) in [6, 6.07) is -0.173. The first-order valence-electron chi connectivity index (χ1n) is 5.33. The molecule has 2 unspecified atom stereocenters. The van der Waals surface area contributed by atoms with E-state index in [-0.39, 0.29) is 24.6 Å². The summed E-state index contributed by atoms with van der Waals surface area (Å²) < 4.78 is 0. The molecule has 82 valence electrons. The highest BCUT2D eigenvalue weighted by molar-refractivity contribution is 5.82. The molecule has 1 amide bonds. The first kappa shape index (κ1) is 11.5. The molecular formula is C10H20N2O2. The molecule has 0 saturated carbocycles. The van der Waals surface area contributed by atoms with Crippen molar-refractivity contribution in [2.75, 3.05) is 13.2 Å². The summed E-state index contributed by atoms with van der Waals surface area (Å²) in [5, 5.41) is 15.0. The number of nitrogens with one attached hydrogen (secondary N) is 2. The van der Waals surface area contributed by atoms with Gasteiger partial charge in [0.1, 0.15) is 0 Å². The van der Waals surface area contributed by atoms with Crippen molar-refractivity contribution in [3.05, 3.63) is 0 Å². The topological polar surface area (TPSA) is 61.4 Å². The van der Waals surface area contributed by atoms with Crippen LogP contribution in [0.2, 0.25) is 0 Å². The molecule has 0 aromatic heterocycles. The smallest absolute Gasteiger partial charge is 0.237 e. The molecule has 14 heavy (non-hydrogen) atoms. The van der Waals surface area contributed by atoms with E-state index in [1.54, 1.807) is 0 Å². The van der Waals surface area contributed by atoms with Gasteiger partial charge in [-0.3, -0.25) is 4.79 Å². The molecule has 0 aromatic carbocycles. The van der Waals surface area contributed by atoms with Crippen molar-refractivity contribution in [1.29, 1.82) is 0 Å². The van der Waals surface area contributed by atoms with E-state index in [1.807, 2.05) is 6.92 Å². The van der Waals surface area contributed by atoms with Gasteiger partial charge in [0.2, 0.25) is 5.91 Å². The number of carbonyl (C=O) groups excluding carboxylic acids is 1. The number of rotatable bonds is 4.